The second-order valence-electron chi connectivity index (χ2n) is 5.96. The molecule has 0 radical (unpaired) electrons. The Bertz CT molecular complexity index is 1130. The Morgan fingerprint density at radius 2 is 1.96 bits per heavy atom. The zero-order chi connectivity index (χ0) is 18.3. The van der Waals surface area contributed by atoms with Crippen LogP contribution in [0.25, 0.3) is 16.7 Å². The Kier molecular flexibility index (Phi) is 4.08. The van der Waals surface area contributed by atoms with E-state index in [4.69, 9.17) is 4.42 Å². The predicted octanol–water partition coefficient (Wildman–Crippen LogP) is 4.65. The summed E-state index contributed by atoms with van der Waals surface area (Å²) in [5.74, 6) is 1.03. The summed E-state index contributed by atoms with van der Waals surface area (Å²) in [4.78, 5) is 17.1. The van der Waals surface area contributed by atoms with Crippen molar-refractivity contribution in [3.8, 4) is 5.82 Å². The van der Waals surface area contributed by atoms with E-state index in [-0.39, 0.29) is 11.7 Å². The maximum absolute atomic E-state index is 12.4. The molecule has 0 aliphatic heterocycles. The minimum atomic E-state index is -0.352. The molecule has 0 aliphatic rings. The molecule has 4 rings (SSSR count). The van der Waals surface area contributed by atoms with Gasteiger partial charge in [-0.25, -0.2) is 4.98 Å². The maximum atomic E-state index is 12.4. The summed E-state index contributed by atoms with van der Waals surface area (Å²) < 4.78 is 7.43. The van der Waals surface area contributed by atoms with Gasteiger partial charge in [-0.3, -0.25) is 4.79 Å². The topological polar surface area (TPSA) is 73.0 Å². The molecule has 4 aromatic rings. The number of nitrogens with zero attached hydrogens (tertiary/aromatic N) is 3. The number of rotatable bonds is 3. The zero-order valence-electron chi connectivity index (χ0n) is 14.2. The highest BCUT2D eigenvalue weighted by Crippen LogP contribution is 2.23. The van der Waals surface area contributed by atoms with E-state index in [0.29, 0.717) is 16.3 Å². The van der Waals surface area contributed by atoms with Crippen LogP contribution in [0.4, 0.5) is 5.82 Å². The Balaban J connectivity index is 1.75. The van der Waals surface area contributed by atoms with Gasteiger partial charge >= 0.3 is 0 Å². The number of nitrogens with one attached hydrogen (secondary N) is 1. The van der Waals surface area contributed by atoms with E-state index >= 15 is 0 Å². The number of furan rings is 1. The first kappa shape index (κ1) is 16.5. The molecular formula is C19H15BrN4O2. The molecular weight excluding hydrogens is 396 g/mol. The van der Waals surface area contributed by atoms with Gasteiger partial charge in [0.15, 0.2) is 16.2 Å². The van der Waals surface area contributed by atoms with Crippen LogP contribution in [-0.2, 0) is 0 Å². The van der Waals surface area contributed by atoms with Crippen LogP contribution in [-0.4, -0.2) is 20.7 Å². The van der Waals surface area contributed by atoms with Gasteiger partial charge in [0, 0.05) is 11.5 Å². The first-order valence-electron chi connectivity index (χ1n) is 8.01. The average Bonchev–Trinajstić information content (AvgIpc) is 3.20. The molecule has 0 saturated heterocycles. The molecule has 1 N–H and O–H groups in total. The second-order valence-corrected chi connectivity index (χ2v) is 6.74. The highest BCUT2D eigenvalue weighted by Gasteiger charge is 2.16. The number of amides is 1. The maximum Gasteiger partial charge on any atom is 0.292 e. The van der Waals surface area contributed by atoms with Crippen LogP contribution >= 0.6 is 15.9 Å². The van der Waals surface area contributed by atoms with Crippen LogP contribution in [0.15, 0.2) is 57.6 Å². The summed E-state index contributed by atoms with van der Waals surface area (Å²) in [7, 11) is 0. The van der Waals surface area contributed by atoms with Gasteiger partial charge in [0.1, 0.15) is 5.82 Å². The third kappa shape index (κ3) is 3.01. The van der Waals surface area contributed by atoms with Gasteiger partial charge in [0.2, 0.25) is 0 Å². The monoisotopic (exact) mass is 410 g/mol. The highest BCUT2D eigenvalue weighted by atomic mass is 79.9. The number of halogens is 1. The molecule has 26 heavy (non-hydrogen) atoms. The summed E-state index contributed by atoms with van der Waals surface area (Å²) in [6.45, 7) is 3.89. The van der Waals surface area contributed by atoms with Crippen LogP contribution in [0.1, 0.15) is 21.8 Å². The third-order valence-corrected chi connectivity index (χ3v) is 4.42. The SMILES string of the molecule is Cc1cc(NC(=O)c2ccc(Br)o2)n(-c2cc(C)c3ccccc3n2)n1. The lowest BCUT2D eigenvalue weighted by molar-refractivity contribution is 0.0994. The number of fused-ring (bicyclic) bond motifs is 1. The molecule has 130 valence electrons. The fourth-order valence-corrected chi connectivity index (χ4v) is 3.12. The van der Waals surface area contributed by atoms with E-state index in [1.54, 1.807) is 22.9 Å². The van der Waals surface area contributed by atoms with Gasteiger partial charge in [-0.05, 0) is 59.6 Å². The van der Waals surface area contributed by atoms with Crippen molar-refractivity contribution in [3.05, 3.63) is 70.2 Å². The van der Waals surface area contributed by atoms with Gasteiger partial charge in [0.05, 0.1) is 11.2 Å². The van der Waals surface area contributed by atoms with Crippen molar-refractivity contribution in [1.29, 1.82) is 0 Å². The lowest BCUT2D eigenvalue weighted by Crippen LogP contribution is -2.15. The average molecular weight is 411 g/mol. The molecule has 0 spiro atoms. The van der Waals surface area contributed by atoms with E-state index in [0.717, 1.165) is 22.2 Å². The Morgan fingerprint density at radius 3 is 2.73 bits per heavy atom. The molecule has 0 unspecified atom stereocenters. The largest absolute Gasteiger partial charge is 0.444 e. The van der Waals surface area contributed by atoms with Crippen molar-refractivity contribution in [2.45, 2.75) is 13.8 Å². The standard InChI is InChI=1S/C19H15BrN4O2/c1-11-9-17(21-14-6-4-3-5-13(11)14)24-18(10-12(2)23-24)22-19(25)15-7-8-16(20)26-15/h3-10H,1-2H3,(H,22,25). The molecule has 1 aromatic carbocycles. The summed E-state index contributed by atoms with van der Waals surface area (Å²) in [5, 5.41) is 8.40. The Morgan fingerprint density at radius 1 is 1.15 bits per heavy atom. The summed E-state index contributed by atoms with van der Waals surface area (Å²) >= 11 is 3.20. The third-order valence-electron chi connectivity index (χ3n) is 4.00. The zero-order valence-corrected chi connectivity index (χ0v) is 15.7. The van der Waals surface area contributed by atoms with Crippen molar-refractivity contribution in [1.82, 2.24) is 14.8 Å². The minimum absolute atomic E-state index is 0.213. The molecule has 6 nitrogen and oxygen atoms in total. The van der Waals surface area contributed by atoms with Crippen LogP contribution in [0, 0.1) is 13.8 Å². The van der Waals surface area contributed by atoms with Crippen molar-refractivity contribution in [2.75, 3.05) is 5.32 Å². The molecule has 0 saturated carbocycles. The van der Waals surface area contributed by atoms with Gasteiger partial charge in [-0.1, -0.05) is 18.2 Å². The van der Waals surface area contributed by atoms with E-state index < -0.39 is 0 Å². The van der Waals surface area contributed by atoms with Gasteiger partial charge in [0.25, 0.3) is 5.91 Å². The fraction of sp³-hybridized carbons (Fsp3) is 0.105. The first-order chi connectivity index (χ1) is 12.5. The van der Waals surface area contributed by atoms with E-state index in [1.807, 2.05) is 44.2 Å². The van der Waals surface area contributed by atoms with Crippen LogP contribution in [0.2, 0.25) is 0 Å². The highest BCUT2D eigenvalue weighted by molar-refractivity contribution is 9.10. The molecule has 1 amide bonds. The quantitative estimate of drug-likeness (QED) is 0.533. The molecule has 7 heteroatoms. The summed E-state index contributed by atoms with van der Waals surface area (Å²) in [6.07, 6.45) is 0. The van der Waals surface area contributed by atoms with E-state index in [1.165, 1.54) is 0 Å². The normalized spacial score (nSPS) is 11.0. The molecule has 0 fully saturated rings. The van der Waals surface area contributed by atoms with Crippen molar-refractivity contribution >= 4 is 38.6 Å². The number of hydrogen-bond donors (Lipinski definition) is 1. The summed E-state index contributed by atoms with van der Waals surface area (Å²) in [6, 6.07) is 15.0. The Hall–Kier alpha value is -2.93. The number of carbonyl (C=O) groups excluding carboxylic acids is 1. The fourth-order valence-electron chi connectivity index (χ4n) is 2.82. The number of benzene rings is 1. The number of anilines is 1. The first-order valence-corrected chi connectivity index (χ1v) is 8.81. The Labute approximate surface area is 158 Å². The van der Waals surface area contributed by atoms with Crippen molar-refractivity contribution in [3.63, 3.8) is 0 Å². The van der Waals surface area contributed by atoms with E-state index in [2.05, 4.69) is 31.3 Å². The van der Waals surface area contributed by atoms with Crippen molar-refractivity contribution < 1.29 is 9.21 Å². The second kappa shape index (κ2) is 6.42. The molecule has 0 bridgehead atoms. The summed E-state index contributed by atoms with van der Waals surface area (Å²) in [5.41, 5.74) is 2.74. The number of hydrogen-bond acceptors (Lipinski definition) is 4. The molecule has 3 heterocycles. The minimum Gasteiger partial charge on any atom is -0.444 e. The van der Waals surface area contributed by atoms with Crippen LogP contribution in [0.5, 0.6) is 0 Å². The van der Waals surface area contributed by atoms with Crippen molar-refractivity contribution in [2.24, 2.45) is 0 Å². The lowest BCUT2D eigenvalue weighted by Gasteiger charge is -2.10. The van der Waals surface area contributed by atoms with Gasteiger partial charge in [-0.2, -0.15) is 9.78 Å². The number of aryl methyl sites for hydroxylation is 2. The van der Waals surface area contributed by atoms with Crippen LogP contribution < -0.4 is 5.32 Å². The number of carbonyl (C=O) groups is 1. The predicted molar refractivity (Wildman–Crippen MR) is 103 cm³/mol. The van der Waals surface area contributed by atoms with Gasteiger partial charge < -0.3 is 9.73 Å². The number of aromatic nitrogens is 3. The number of para-hydroxylation sites is 1. The van der Waals surface area contributed by atoms with E-state index in [9.17, 15) is 4.79 Å². The molecule has 0 aliphatic carbocycles. The molecule has 0 atom stereocenters. The molecule has 3 aromatic heterocycles. The number of pyridine rings is 1. The smallest absolute Gasteiger partial charge is 0.292 e. The lowest BCUT2D eigenvalue weighted by atomic mass is 10.1. The van der Waals surface area contributed by atoms with Gasteiger partial charge in [-0.15, -0.1) is 0 Å². The van der Waals surface area contributed by atoms with Crippen LogP contribution in [0.3, 0.4) is 0 Å².